The Bertz CT molecular complexity index is 610. The topological polar surface area (TPSA) is 12.9 Å². The van der Waals surface area contributed by atoms with Crippen LogP contribution >= 0.6 is 11.3 Å². The number of hydrogen-bond donors (Lipinski definition) is 0. The summed E-state index contributed by atoms with van der Waals surface area (Å²) in [5.74, 6) is 2.84. The van der Waals surface area contributed by atoms with Gasteiger partial charge in [-0.15, -0.1) is 11.3 Å². The van der Waals surface area contributed by atoms with E-state index < -0.39 is 0 Å². The molecule has 0 radical (unpaired) electrons. The molecule has 1 nitrogen and oxygen atoms in total. The van der Waals surface area contributed by atoms with E-state index in [0.29, 0.717) is 0 Å². The van der Waals surface area contributed by atoms with Gasteiger partial charge in [0.15, 0.2) is 0 Å². The number of aromatic nitrogens is 1. The lowest BCUT2D eigenvalue weighted by molar-refractivity contribution is 0.686. The van der Waals surface area contributed by atoms with Crippen LogP contribution in [0.1, 0.15) is 25.3 Å². The van der Waals surface area contributed by atoms with Crippen LogP contribution in [-0.4, -0.2) is 4.98 Å². The molecule has 86 valence electrons. The van der Waals surface area contributed by atoms with Crippen molar-refractivity contribution >= 4 is 27.1 Å². The van der Waals surface area contributed by atoms with E-state index in [1.807, 2.05) is 5.51 Å². The van der Waals surface area contributed by atoms with Gasteiger partial charge in [0.1, 0.15) is 0 Å². The minimum Gasteiger partial charge on any atom is -0.245 e. The average Bonchev–Trinajstić information content (AvgIpc) is 2.75. The van der Waals surface area contributed by atoms with Crippen molar-refractivity contribution in [3.63, 3.8) is 0 Å². The second-order valence-corrected chi connectivity index (χ2v) is 6.13. The van der Waals surface area contributed by atoms with Crippen LogP contribution in [0.15, 0.2) is 29.8 Å². The first-order valence-corrected chi connectivity index (χ1v) is 7.29. The van der Waals surface area contributed by atoms with Gasteiger partial charge in [-0.25, -0.2) is 4.98 Å². The summed E-state index contributed by atoms with van der Waals surface area (Å²) >= 11 is 1.72. The van der Waals surface area contributed by atoms with Crippen molar-refractivity contribution < 1.29 is 0 Å². The first-order chi connectivity index (χ1) is 8.36. The lowest BCUT2D eigenvalue weighted by Crippen LogP contribution is -1.88. The molecule has 3 atom stereocenters. The van der Waals surface area contributed by atoms with Crippen LogP contribution in [-0.2, 0) is 0 Å². The molecule has 0 amide bonds. The van der Waals surface area contributed by atoms with Crippen LogP contribution in [0.2, 0.25) is 0 Å². The summed E-state index contributed by atoms with van der Waals surface area (Å²) in [5.41, 5.74) is 6.04. The van der Waals surface area contributed by atoms with Gasteiger partial charge in [-0.3, -0.25) is 0 Å². The highest BCUT2D eigenvalue weighted by atomic mass is 32.1. The lowest BCUT2D eigenvalue weighted by Gasteiger charge is -2.05. The molecule has 0 bridgehead atoms. The van der Waals surface area contributed by atoms with Gasteiger partial charge >= 0.3 is 0 Å². The monoisotopic (exact) mass is 241 g/mol. The van der Waals surface area contributed by atoms with Crippen molar-refractivity contribution in [3.8, 4) is 0 Å². The van der Waals surface area contributed by atoms with Gasteiger partial charge in [0.2, 0.25) is 0 Å². The highest BCUT2D eigenvalue weighted by molar-refractivity contribution is 7.16. The zero-order valence-electron chi connectivity index (χ0n) is 9.89. The fourth-order valence-electron chi connectivity index (χ4n) is 3.41. The summed E-state index contributed by atoms with van der Waals surface area (Å²) in [5, 5.41) is 0. The Labute approximate surface area is 105 Å². The smallest absolute Gasteiger partial charge is 0.0818 e. The largest absolute Gasteiger partial charge is 0.245 e. The molecule has 2 aliphatic carbocycles. The molecule has 4 rings (SSSR count). The van der Waals surface area contributed by atoms with Gasteiger partial charge in [-0.1, -0.05) is 25.5 Å². The molecule has 1 heterocycles. The maximum absolute atomic E-state index is 4.40. The van der Waals surface area contributed by atoms with Gasteiger partial charge in [0.05, 0.1) is 15.7 Å². The van der Waals surface area contributed by atoms with Crippen LogP contribution in [0.25, 0.3) is 15.8 Å². The Morgan fingerprint density at radius 3 is 3.12 bits per heavy atom. The molecule has 2 aliphatic rings. The number of nitrogens with zero attached hydrogens (tertiary/aromatic N) is 1. The molecular weight excluding hydrogens is 226 g/mol. The molecule has 1 saturated carbocycles. The lowest BCUT2D eigenvalue weighted by atomic mass is 10.00. The quantitative estimate of drug-likeness (QED) is 0.761. The second kappa shape index (κ2) is 3.42. The van der Waals surface area contributed by atoms with Gasteiger partial charge in [0.25, 0.3) is 0 Å². The Hall–Kier alpha value is -1.15. The Morgan fingerprint density at radius 1 is 1.41 bits per heavy atom. The van der Waals surface area contributed by atoms with Crippen molar-refractivity contribution in [2.24, 2.45) is 17.8 Å². The standard InChI is InChI=1S/C15H15NS/c1-2-11-12-5-10(6-13(11)12)9-3-4-15-14(7-9)16-8-17-15/h3-5,7-8,11-13H,2,6H2,1H3. The normalized spacial score (nSPS) is 30.4. The number of benzene rings is 1. The first kappa shape index (κ1) is 9.84. The predicted octanol–water partition coefficient (Wildman–Crippen LogP) is 4.36. The van der Waals surface area contributed by atoms with Crippen LogP contribution in [0, 0.1) is 17.8 Å². The van der Waals surface area contributed by atoms with Gasteiger partial charge < -0.3 is 0 Å². The zero-order chi connectivity index (χ0) is 11.4. The van der Waals surface area contributed by atoms with Crippen LogP contribution in [0.5, 0.6) is 0 Å². The maximum Gasteiger partial charge on any atom is 0.0818 e. The summed E-state index contributed by atoms with van der Waals surface area (Å²) in [7, 11) is 0. The molecule has 0 N–H and O–H groups in total. The third kappa shape index (κ3) is 1.40. The molecular formula is C15H15NS. The van der Waals surface area contributed by atoms with E-state index in [4.69, 9.17) is 0 Å². The molecule has 1 fully saturated rings. The van der Waals surface area contributed by atoms with E-state index in [9.17, 15) is 0 Å². The molecule has 17 heavy (non-hydrogen) atoms. The van der Waals surface area contributed by atoms with Crippen molar-refractivity contribution in [1.29, 1.82) is 0 Å². The fraction of sp³-hybridized carbons (Fsp3) is 0.400. The van der Waals surface area contributed by atoms with Gasteiger partial charge in [-0.2, -0.15) is 0 Å². The van der Waals surface area contributed by atoms with E-state index in [0.717, 1.165) is 23.3 Å². The molecule has 2 aromatic rings. The number of fused-ring (bicyclic) bond motifs is 2. The summed E-state index contributed by atoms with van der Waals surface area (Å²) in [6.45, 7) is 2.32. The first-order valence-electron chi connectivity index (χ1n) is 6.41. The third-order valence-corrected chi connectivity index (χ3v) is 5.23. The number of hydrogen-bond acceptors (Lipinski definition) is 2. The van der Waals surface area contributed by atoms with E-state index >= 15 is 0 Å². The average molecular weight is 241 g/mol. The molecule has 0 saturated heterocycles. The van der Waals surface area contributed by atoms with E-state index in [1.54, 1.807) is 16.9 Å². The van der Waals surface area contributed by atoms with Crippen molar-refractivity contribution in [2.75, 3.05) is 0 Å². The zero-order valence-corrected chi connectivity index (χ0v) is 10.7. The summed E-state index contributed by atoms with van der Waals surface area (Å²) in [6, 6.07) is 6.73. The number of thiazole rings is 1. The highest BCUT2D eigenvalue weighted by Gasteiger charge is 2.50. The molecule has 1 aromatic heterocycles. The van der Waals surface area contributed by atoms with Crippen molar-refractivity contribution in [1.82, 2.24) is 4.98 Å². The number of allylic oxidation sites excluding steroid dienone is 2. The van der Waals surface area contributed by atoms with Gasteiger partial charge in [-0.05, 0) is 47.4 Å². The molecule has 2 heteroatoms. The summed E-state index contributed by atoms with van der Waals surface area (Å²) in [6.07, 6.45) is 5.16. The van der Waals surface area contributed by atoms with Crippen LogP contribution in [0.3, 0.4) is 0 Å². The SMILES string of the molecule is CCC1C2C=C(c3ccc4scnc4c3)CC21. The summed E-state index contributed by atoms with van der Waals surface area (Å²) in [4.78, 5) is 4.40. The van der Waals surface area contributed by atoms with Crippen LogP contribution in [0.4, 0.5) is 0 Å². The van der Waals surface area contributed by atoms with Crippen molar-refractivity contribution in [3.05, 3.63) is 35.3 Å². The Morgan fingerprint density at radius 2 is 2.35 bits per heavy atom. The maximum atomic E-state index is 4.40. The predicted molar refractivity (Wildman–Crippen MR) is 73.0 cm³/mol. The van der Waals surface area contributed by atoms with E-state index in [1.165, 1.54) is 23.1 Å². The Balaban J connectivity index is 1.69. The summed E-state index contributed by atoms with van der Waals surface area (Å²) < 4.78 is 1.30. The van der Waals surface area contributed by atoms with Crippen LogP contribution < -0.4 is 0 Å². The highest BCUT2D eigenvalue weighted by Crippen LogP contribution is 2.59. The Kier molecular flexibility index (Phi) is 1.98. The molecule has 0 aliphatic heterocycles. The molecule has 3 unspecified atom stereocenters. The minimum absolute atomic E-state index is 0.890. The van der Waals surface area contributed by atoms with E-state index in [-0.39, 0.29) is 0 Å². The third-order valence-electron chi connectivity index (χ3n) is 4.42. The number of rotatable bonds is 2. The van der Waals surface area contributed by atoms with Gasteiger partial charge in [0, 0.05) is 0 Å². The fourth-order valence-corrected chi connectivity index (χ4v) is 4.07. The molecule has 1 aromatic carbocycles. The minimum atomic E-state index is 0.890. The molecule has 0 spiro atoms. The second-order valence-electron chi connectivity index (χ2n) is 5.24. The van der Waals surface area contributed by atoms with Crippen molar-refractivity contribution in [2.45, 2.75) is 19.8 Å². The van der Waals surface area contributed by atoms with E-state index in [2.05, 4.69) is 36.2 Å².